The number of amides is 2. The van der Waals surface area contributed by atoms with Crippen LogP contribution in [0.25, 0.3) is 0 Å². The second-order valence-corrected chi connectivity index (χ2v) is 6.22. The third-order valence-electron chi connectivity index (χ3n) is 3.44. The van der Waals surface area contributed by atoms with Crippen LogP contribution in [0.1, 0.15) is 39.5 Å². The number of carbonyl (C=O) groups excluding carboxylic acids is 1. The van der Waals surface area contributed by atoms with Gasteiger partial charge in [-0.2, -0.15) is 13.2 Å². The second kappa shape index (κ2) is 6.20. The Morgan fingerprint density at radius 1 is 1.35 bits per heavy atom. The number of likely N-dealkylation sites (N-methyl/N-ethyl adjacent to an activating group) is 1. The minimum Gasteiger partial charge on any atom is -0.389 e. The molecule has 1 fully saturated rings. The molecule has 2 unspecified atom stereocenters. The number of hydrogen-bond acceptors (Lipinski definition) is 2. The molecule has 0 spiro atoms. The summed E-state index contributed by atoms with van der Waals surface area (Å²) in [6, 6.07) is -0.896. The highest BCUT2D eigenvalue weighted by Gasteiger charge is 2.42. The van der Waals surface area contributed by atoms with E-state index in [4.69, 9.17) is 0 Å². The predicted molar refractivity (Wildman–Crippen MR) is 69.3 cm³/mol. The molecule has 4 nitrogen and oxygen atoms in total. The van der Waals surface area contributed by atoms with Crippen molar-refractivity contribution in [1.82, 2.24) is 10.2 Å². The summed E-state index contributed by atoms with van der Waals surface area (Å²) >= 11 is 0. The van der Waals surface area contributed by atoms with E-state index >= 15 is 0 Å². The first-order valence-corrected chi connectivity index (χ1v) is 6.80. The second-order valence-electron chi connectivity index (χ2n) is 6.22. The maximum Gasteiger partial charge on any atom is 0.391 e. The van der Waals surface area contributed by atoms with Crippen molar-refractivity contribution in [1.29, 1.82) is 0 Å². The van der Waals surface area contributed by atoms with E-state index in [0.29, 0.717) is 12.8 Å². The lowest BCUT2D eigenvalue weighted by Gasteiger charge is -2.33. The van der Waals surface area contributed by atoms with Gasteiger partial charge in [0.1, 0.15) is 0 Å². The van der Waals surface area contributed by atoms with Gasteiger partial charge in [-0.3, -0.25) is 0 Å². The standard InChI is InChI=1S/C13H23F3N2O2/c1-12(2,20)8-18(3)11(19)17-10-6-4-5-9(7-10)13(14,15)16/h9-10,20H,4-8H2,1-3H3,(H,17,19). The molecule has 7 heteroatoms. The molecule has 0 heterocycles. The van der Waals surface area contributed by atoms with E-state index in [-0.39, 0.29) is 19.4 Å². The number of nitrogens with one attached hydrogen (secondary N) is 1. The lowest BCUT2D eigenvalue weighted by atomic mass is 9.85. The largest absolute Gasteiger partial charge is 0.391 e. The topological polar surface area (TPSA) is 52.6 Å². The van der Waals surface area contributed by atoms with Crippen molar-refractivity contribution in [2.24, 2.45) is 5.92 Å². The lowest BCUT2D eigenvalue weighted by Crippen LogP contribution is -2.49. The molecule has 2 amide bonds. The molecular weight excluding hydrogens is 273 g/mol. The normalized spacial score (nSPS) is 24.4. The molecular formula is C13H23F3N2O2. The van der Waals surface area contributed by atoms with E-state index in [2.05, 4.69) is 5.32 Å². The molecule has 0 aromatic carbocycles. The van der Waals surface area contributed by atoms with Crippen molar-refractivity contribution < 1.29 is 23.1 Å². The Labute approximate surface area is 117 Å². The summed E-state index contributed by atoms with van der Waals surface area (Å²) in [5, 5.41) is 12.2. The number of alkyl halides is 3. The Morgan fingerprint density at radius 3 is 2.45 bits per heavy atom. The van der Waals surface area contributed by atoms with Crippen LogP contribution in [0, 0.1) is 5.92 Å². The first kappa shape index (κ1) is 17.1. The number of aliphatic hydroxyl groups is 1. The van der Waals surface area contributed by atoms with E-state index in [0.717, 1.165) is 0 Å². The molecule has 0 aromatic heterocycles. The Morgan fingerprint density at radius 2 is 1.95 bits per heavy atom. The fourth-order valence-corrected chi connectivity index (χ4v) is 2.56. The maximum atomic E-state index is 12.7. The van der Waals surface area contributed by atoms with Crippen LogP contribution >= 0.6 is 0 Å². The van der Waals surface area contributed by atoms with Crippen molar-refractivity contribution in [3.05, 3.63) is 0 Å². The van der Waals surface area contributed by atoms with E-state index in [1.807, 2.05) is 0 Å². The summed E-state index contributed by atoms with van der Waals surface area (Å²) in [4.78, 5) is 13.2. The van der Waals surface area contributed by atoms with Crippen molar-refractivity contribution in [2.75, 3.05) is 13.6 Å². The van der Waals surface area contributed by atoms with Crippen LogP contribution in [0.5, 0.6) is 0 Å². The fourth-order valence-electron chi connectivity index (χ4n) is 2.56. The van der Waals surface area contributed by atoms with Crippen LogP contribution < -0.4 is 5.32 Å². The van der Waals surface area contributed by atoms with Gasteiger partial charge in [-0.25, -0.2) is 4.79 Å². The Balaban J connectivity index is 2.49. The average molecular weight is 296 g/mol. The number of rotatable bonds is 3. The SMILES string of the molecule is CN(CC(C)(C)O)C(=O)NC1CCCC(C(F)(F)F)C1. The number of carbonyl (C=O) groups is 1. The van der Waals surface area contributed by atoms with Gasteiger partial charge in [0.25, 0.3) is 0 Å². The molecule has 0 aliphatic heterocycles. The Bertz CT molecular complexity index is 339. The zero-order valence-corrected chi connectivity index (χ0v) is 12.1. The third-order valence-corrected chi connectivity index (χ3v) is 3.44. The highest BCUT2D eigenvalue weighted by molar-refractivity contribution is 5.74. The van der Waals surface area contributed by atoms with Gasteiger partial charge in [0.2, 0.25) is 0 Å². The van der Waals surface area contributed by atoms with E-state index < -0.39 is 29.8 Å². The first-order valence-electron chi connectivity index (χ1n) is 6.80. The molecule has 0 bridgehead atoms. The molecule has 2 atom stereocenters. The van der Waals surface area contributed by atoms with E-state index in [1.54, 1.807) is 13.8 Å². The summed E-state index contributed by atoms with van der Waals surface area (Å²) in [5.41, 5.74) is -1.03. The van der Waals surface area contributed by atoms with Crippen LogP contribution in [0.4, 0.5) is 18.0 Å². The fraction of sp³-hybridized carbons (Fsp3) is 0.923. The minimum absolute atomic E-state index is 0.0639. The van der Waals surface area contributed by atoms with Crippen LogP contribution in [0.2, 0.25) is 0 Å². The zero-order valence-electron chi connectivity index (χ0n) is 12.1. The zero-order chi connectivity index (χ0) is 15.6. The molecule has 1 saturated carbocycles. The van der Waals surface area contributed by atoms with Crippen LogP contribution in [0.3, 0.4) is 0 Å². The molecule has 0 radical (unpaired) electrons. The summed E-state index contributed by atoms with van der Waals surface area (Å²) in [6.45, 7) is 3.25. The van der Waals surface area contributed by atoms with Crippen molar-refractivity contribution >= 4 is 6.03 Å². The Kier molecular flexibility index (Phi) is 5.29. The summed E-state index contributed by atoms with van der Waals surface area (Å²) < 4.78 is 38.0. The van der Waals surface area contributed by atoms with Crippen molar-refractivity contribution in [3.8, 4) is 0 Å². The first-order chi connectivity index (χ1) is 8.99. The summed E-state index contributed by atoms with van der Waals surface area (Å²) in [7, 11) is 1.51. The minimum atomic E-state index is -4.19. The summed E-state index contributed by atoms with van der Waals surface area (Å²) in [6.07, 6.45) is -3.09. The monoisotopic (exact) mass is 296 g/mol. The number of urea groups is 1. The van der Waals surface area contributed by atoms with Gasteiger partial charge in [-0.15, -0.1) is 0 Å². The van der Waals surface area contributed by atoms with E-state index in [9.17, 15) is 23.1 Å². The predicted octanol–water partition coefficient (Wildman–Crippen LogP) is 2.52. The molecule has 20 heavy (non-hydrogen) atoms. The Hall–Kier alpha value is -0.980. The number of halogens is 3. The highest BCUT2D eigenvalue weighted by Crippen LogP contribution is 2.37. The van der Waals surface area contributed by atoms with Crippen LogP contribution in [-0.2, 0) is 0 Å². The number of hydrogen-bond donors (Lipinski definition) is 2. The average Bonchev–Trinajstić information content (AvgIpc) is 2.25. The molecule has 1 aliphatic rings. The highest BCUT2D eigenvalue weighted by atomic mass is 19.4. The smallest absolute Gasteiger partial charge is 0.389 e. The van der Waals surface area contributed by atoms with Gasteiger partial charge in [0, 0.05) is 13.1 Å². The maximum absolute atomic E-state index is 12.7. The lowest BCUT2D eigenvalue weighted by molar-refractivity contribution is -0.183. The van der Waals surface area contributed by atoms with E-state index in [1.165, 1.54) is 11.9 Å². The molecule has 2 N–H and O–H groups in total. The molecule has 1 aliphatic carbocycles. The van der Waals surface area contributed by atoms with Gasteiger partial charge < -0.3 is 15.3 Å². The van der Waals surface area contributed by atoms with Gasteiger partial charge >= 0.3 is 12.2 Å². The summed E-state index contributed by atoms with van der Waals surface area (Å²) in [5.74, 6) is -1.33. The number of nitrogens with zero attached hydrogens (tertiary/aromatic N) is 1. The van der Waals surface area contributed by atoms with Gasteiger partial charge in [0.05, 0.1) is 18.1 Å². The van der Waals surface area contributed by atoms with Gasteiger partial charge in [-0.05, 0) is 33.1 Å². The molecule has 118 valence electrons. The molecule has 0 aromatic rings. The van der Waals surface area contributed by atoms with Gasteiger partial charge in [0.15, 0.2) is 0 Å². The van der Waals surface area contributed by atoms with Gasteiger partial charge in [-0.1, -0.05) is 6.42 Å². The van der Waals surface area contributed by atoms with Crippen molar-refractivity contribution in [2.45, 2.75) is 57.3 Å². The van der Waals surface area contributed by atoms with Crippen LogP contribution in [-0.4, -0.2) is 47.4 Å². The quantitative estimate of drug-likeness (QED) is 0.841. The molecule has 1 rings (SSSR count). The van der Waals surface area contributed by atoms with Crippen molar-refractivity contribution in [3.63, 3.8) is 0 Å². The van der Waals surface area contributed by atoms with Crippen LogP contribution in [0.15, 0.2) is 0 Å². The molecule has 0 saturated heterocycles. The third kappa shape index (κ3) is 5.56.